The zero-order chi connectivity index (χ0) is 21.6. The fourth-order valence-corrected chi connectivity index (χ4v) is 4.59. The van der Waals surface area contributed by atoms with E-state index in [0.29, 0.717) is 11.5 Å². The monoisotopic (exact) mass is 407 g/mol. The van der Waals surface area contributed by atoms with Crippen LogP contribution in [0.2, 0.25) is 0 Å². The summed E-state index contributed by atoms with van der Waals surface area (Å²) in [5, 5.41) is 0. The minimum Gasteiger partial charge on any atom is -0.459 e. The summed E-state index contributed by atoms with van der Waals surface area (Å²) in [6, 6.07) is 15.8. The molecule has 162 valence electrons. The number of rotatable bonds is 7. The summed E-state index contributed by atoms with van der Waals surface area (Å²) in [5.41, 5.74) is 10.2. The Hall–Kier alpha value is -2.29. The fraction of sp³-hybridized carbons (Fsp3) is 0.519. The second-order valence-corrected chi connectivity index (χ2v) is 9.84. The molecule has 0 heterocycles. The van der Waals surface area contributed by atoms with Crippen LogP contribution >= 0.6 is 0 Å². The summed E-state index contributed by atoms with van der Waals surface area (Å²) in [5.74, 6) is 0.458. The molecule has 2 aromatic carbocycles. The summed E-state index contributed by atoms with van der Waals surface area (Å²) in [4.78, 5) is 12.7. The van der Waals surface area contributed by atoms with Gasteiger partial charge in [-0.1, -0.05) is 83.2 Å². The number of hydrogen-bond donors (Lipinski definition) is 1. The minimum atomic E-state index is -0.209. The first kappa shape index (κ1) is 22.4. The van der Waals surface area contributed by atoms with Crippen molar-refractivity contribution in [2.75, 3.05) is 5.73 Å². The molecule has 3 heteroatoms. The fourth-order valence-electron chi connectivity index (χ4n) is 4.59. The predicted octanol–water partition coefficient (Wildman–Crippen LogP) is 6.69. The number of ether oxygens (including phenoxy) is 1. The highest BCUT2D eigenvalue weighted by atomic mass is 16.5. The quantitative estimate of drug-likeness (QED) is 0.411. The molecule has 2 aromatic rings. The van der Waals surface area contributed by atoms with Crippen molar-refractivity contribution in [2.24, 2.45) is 5.92 Å². The Morgan fingerprint density at radius 2 is 1.77 bits per heavy atom. The molecule has 0 radical (unpaired) electrons. The zero-order valence-electron chi connectivity index (χ0n) is 18.8. The van der Waals surface area contributed by atoms with Crippen LogP contribution in [0.5, 0.6) is 0 Å². The van der Waals surface area contributed by atoms with Gasteiger partial charge in [0.15, 0.2) is 0 Å². The van der Waals surface area contributed by atoms with Crippen LogP contribution in [0.25, 0.3) is 0 Å². The van der Waals surface area contributed by atoms with E-state index in [0.717, 1.165) is 24.9 Å². The molecule has 3 nitrogen and oxygen atoms in total. The maximum atomic E-state index is 12.7. The largest absolute Gasteiger partial charge is 0.459 e. The first-order valence-corrected chi connectivity index (χ1v) is 11.5. The van der Waals surface area contributed by atoms with Gasteiger partial charge < -0.3 is 10.5 Å². The van der Waals surface area contributed by atoms with Crippen molar-refractivity contribution in [1.82, 2.24) is 0 Å². The van der Waals surface area contributed by atoms with E-state index in [1.807, 2.05) is 30.3 Å². The van der Waals surface area contributed by atoms with Gasteiger partial charge in [0.05, 0.1) is 5.56 Å². The third-order valence-corrected chi connectivity index (χ3v) is 6.28. The Morgan fingerprint density at radius 3 is 2.40 bits per heavy atom. The highest BCUT2D eigenvalue weighted by Gasteiger charge is 2.23. The Labute approximate surface area is 182 Å². The van der Waals surface area contributed by atoms with Crippen molar-refractivity contribution in [3.63, 3.8) is 0 Å². The third kappa shape index (κ3) is 6.35. The molecule has 3 rings (SSSR count). The van der Waals surface area contributed by atoms with Crippen LogP contribution in [0.1, 0.15) is 87.2 Å². The van der Waals surface area contributed by atoms with Gasteiger partial charge in [-0.15, -0.1) is 0 Å². The second-order valence-electron chi connectivity index (χ2n) is 9.84. The number of nitrogens with two attached hydrogens (primary N) is 1. The second kappa shape index (κ2) is 10.1. The van der Waals surface area contributed by atoms with Crippen molar-refractivity contribution < 1.29 is 9.53 Å². The number of benzene rings is 2. The van der Waals surface area contributed by atoms with Crippen LogP contribution in [0, 0.1) is 5.92 Å². The SMILES string of the molecule is CC(C)(C)c1ccc(CC[C@@H](CC2CCCCC2)OC(=O)c2ccccc2)cc1N. The molecule has 1 aliphatic rings. The van der Waals surface area contributed by atoms with Crippen LogP contribution in [-0.4, -0.2) is 12.1 Å². The van der Waals surface area contributed by atoms with Crippen LogP contribution in [-0.2, 0) is 16.6 Å². The van der Waals surface area contributed by atoms with Crippen molar-refractivity contribution in [3.8, 4) is 0 Å². The molecule has 30 heavy (non-hydrogen) atoms. The van der Waals surface area contributed by atoms with E-state index in [-0.39, 0.29) is 17.5 Å². The Morgan fingerprint density at radius 1 is 1.07 bits per heavy atom. The molecular weight excluding hydrogens is 370 g/mol. The normalized spacial score (nSPS) is 16.2. The first-order chi connectivity index (χ1) is 14.3. The smallest absolute Gasteiger partial charge is 0.338 e. The van der Waals surface area contributed by atoms with Gasteiger partial charge in [-0.05, 0) is 59.9 Å². The Balaban J connectivity index is 1.67. The molecule has 0 saturated heterocycles. The molecule has 1 atom stereocenters. The first-order valence-electron chi connectivity index (χ1n) is 11.5. The van der Waals surface area contributed by atoms with Gasteiger partial charge in [-0.25, -0.2) is 4.79 Å². The summed E-state index contributed by atoms with van der Waals surface area (Å²) in [7, 11) is 0. The molecule has 1 fully saturated rings. The molecule has 2 N–H and O–H groups in total. The third-order valence-electron chi connectivity index (χ3n) is 6.28. The lowest BCUT2D eigenvalue weighted by atomic mass is 9.83. The number of carbonyl (C=O) groups excluding carboxylic acids is 1. The standard InChI is InChI=1S/C27H37NO2/c1-27(2,3)24-17-15-21(19-25(24)28)14-16-23(18-20-10-6-4-7-11-20)30-26(29)22-12-8-5-9-13-22/h5,8-9,12-13,15,17,19-20,23H,4,6-7,10-11,14,16,18,28H2,1-3H3/t23-/m0/s1. The van der Waals surface area contributed by atoms with Crippen LogP contribution in [0.3, 0.4) is 0 Å². The lowest BCUT2D eigenvalue weighted by molar-refractivity contribution is 0.0204. The van der Waals surface area contributed by atoms with Crippen molar-refractivity contribution >= 4 is 11.7 Å². The topological polar surface area (TPSA) is 52.3 Å². The van der Waals surface area contributed by atoms with E-state index in [4.69, 9.17) is 10.5 Å². The molecule has 0 bridgehead atoms. The lowest BCUT2D eigenvalue weighted by Gasteiger charge is -2.27. The Kier molecular flexibility index (Phi) is 7.58. The maximum Gasteiger partial charge on any atom is 0.338 e. The van der Waals surface area contributed by atoms with Crippen molar-refractivity contribution in [1.29, 1.82) is 0 Å². The average molecular weight is 408 g/mol. The van der Waals surface area contributed by atoms with Crippen molar-refractivity contribution in [3.05, 3.63) is 65.2 Å². The van der Waals surface area contributed by atoms with Crippen LogP contribution < -0.4 is 5.73 Å². The van der Waals surface area contributed by atoms with Gasteiger partial charge in [-0.2, -0.15) is 0 Å². The van der Waals surface area contributed by atoms with E-state index >= 15 is 0 Å². The number of esters is 1. The number of anilines is 1. The molecule has 0 unspecified atom stereocenters. The molecule has 0 aromatic heterocycles. The predicted molar refractivity (Wildman–Crippen MR) is 125 cm³/mol. The summed E-state index contributed by atoms with van der Waals surface area (Å²) >= 11 is 0. The summed E-state index contributed by atoms with van der Waals surface area (Å²) in [6.07, 6.45) is 9.07. The number of hydrogen-bond acceptors (Lipinski definition) is 3. The zero-order valence-corrected chi connectivity index (χ0v) is 18.8. The van der Waals surface area contributed by atoms with E-state index < -0.39 is 0 Å². The van der Waals surface area contributed by atoms with Crippen molar-refractivity contribution in [2.45, 2.75) is 83.7 Å². The highest BCUT2D eigenvalue weighted by Crippen LogP contribution is 2.31. The number of nitrogen functional groups attached to an aromatic ring is 1. The van der Waals surface area contributed by atoms with Crippen LogP contribution in [0.4, 0.5) is 5.69 Å². The molecule has 1 aliphatic carbocycles. The molecule has 1 saturated carbocycles. The molecule has 0 amide bonds. The van der Waals surface area contributed by atoms with E-state index in [2.05, 4.69) is 39.0 Å². The van der Waals surface area contributed by atoms with Gasteiger partial charge >= 0.3 is 5.97 Å². The highest BCUT2D eigenvalue weighted by molar-refractivity contribution is 5.89. The van der Waals surface area contributed by atoms with E-state index in [9.17, 15) is 4.79 Å². The Bertz CT molecular complexity index is 817. The summed E-state index contributed by atoms with van der Waals surface area (Å²) < 4.78 is 6.00. The van der Waals surface area contributed by atoms with E-state index in [1.54, 1.807) is 0 Å². The molecule has 0 spiro atoms. The van der Waals surface area contributed by atoms with Gasteiger partial charge in [0, 0.05) is 5.69 Å². The molecular formula is C27H37NO2. The lowest BCUT2D eigenvalue weighted by Crippen LogP contribution is -2.23. The van der Waals surface area contributed by atoms with Gasteiger partial charge in [0.2, 0.25) is 0 Å². The number of aryl methyl sites for hydroxylation is 1. The summed E-state index contributed by atoms with van der Waals surface area (Å²) in [6.45, 7) is 6.55. The average Bonchev–Trinajstić information content (AvgIpc) is 2.72. The van der Waals surface area contributed by atoms with Gasteiger partial charge in [-0.3, -0.25) is 0 Å². The maximum absolute atomic E-state index is 12.7. The van der Waals surface area contributed by atoms with Gasteiger partial charge in [0.1, 0.15) is 6.10 Å². The molecule has 0 aliphatic heterocycles. The number of carbonyl (C=O) groups is 1. The van der Waals surface area contributed by atoms with Crippen LogP contribution in [0.15, 0.2) is 48.5 Å². The van der Waals surface area contributed by atoms with E-state index in [1.165, 1.54) is 43.2 Å². The minimum absolute atomic E-state index is 0.0390. The van der Waals surface area contributed by atoms with Gasteiger partial charge in [0.25, 0.3) is 0 Å².